The summed E-state index contributed by atoms with van der Waals surface area (Å²) < 4.78 is 7.05. The van der Waals surface area contributed by atoms with Crippen LogP contribution in [0.2, 0.25) is 0 Å². The van der Waals surface area contributed by atoms with Crippen LogP contribution in [0.15, 0.2) is 16.8 Å². The summed E-state index contributed by atoms with van der Waals surface area (Å²) in [5, 5.41) is 0. The lowest BCUT2D eigenvalue weighted by atomic mass is 9.93. The Balaban J connectivity index is 1.76. The smallest absolute Gasteiger partial charge is 0.276 e. The summed E-state index contributed by atoms with van der Waals surface area (Å²) >= 11 is 0. The largest absolute Gasteiger partial charge is 0.445 e. The number of likely N-dealkylation sites (tertiary alicyclic amines) is 1. The average molecular weight is 316 g/mol. The minimum absolute atomic E-state index is 0.0111. The first kappa shape index (κ1) is 15.5. The molecular weight excluding hydrogens is 296 g/mol. The van der Waals surface area contributed by atoms with E-state index in [1.807, 2.05) is 0 Å². The van der Waals surface area contributed by atoms with Crippen LogP contribution in [0.4, 0.5) is 0 Å². The molecule has 1 amide bonds. The molecule has 1 fully saturated rings. The summed E-state index contributed by atoms with van der Waals surface area (Å²) in [6, 6.07) is 0. The van der Waals surface area contributed by atoms with Crippen LogP contribution < -0.4 is 0 Å². The molecule has 3 rings (SSSR count). The molecule has 1 saturated heterocycles. The number of ketones is 1. The van der Waals surface area contributed by atoms with E-state index in [1.165, 1.54) is 0 Å². The molecule has 2 aromatic heterocycles. The van der Waals surface area contributed by atoms with Gasteiger partial charge in [-0.1, -0.05) is 0 Å². The molecule has 0 N–H and O–H groups in total. The molecule has 3 heterocycles. The highest BCUT2D eigenvalue weighted by Crippen LogP contribution is 2.22. The zero-order valence-electron chi connectivity index (χ0n) is 13.6. The van der Waals surface area contributed by atoms with Gasteiger partial charge in [-0.25, -0.2) is 9.97 Å². The first-order valence-corrected chi connectivity index (χ1v) is 7.72. The van der Waals surface area contributed by atoms with E-state index in [0.29, 0.717) is 36.3 Å². The van der Waals surface area contributed by atoms with Crippen LogP contribution >= 0.6 is 0 Å². The lowest BCUT2D eigenvalue weighted by Gasteiger charge is -2.31. The molecule has 1 aliphatic rings. The van der Waals surface area contributed by atoms with Crippen LogP contribution in [0.25, 0.3) is 0 Å². The Bertz CT molecular complexity index is 746. The monoisotopic (exact) mass is 316 g/mol. The van der Waals surface area contributed by atoms with Crippen LogP contribution in [-0.2, 0) is 7.05 Å². The highest BCUT2D eigenvalue weighted by atomic mass is 16.4. The third kappa shape index (κ3) is 2.91. The SMILES string of the molecule is Cc1nc(C(=O)N2CCCC(C(=O)c3nccn3C)C2)c(C)o1. The van der Waals surface area contributed by atoms with Crippen molar-refractivity contribution < 1.29 is 14.0 Å². The fourth-order valence-electron chi connectivity index (χ4n) is 3.04. The minimum Gasteiger partial charge on any atom is -0.445 e. The Kier molecular flexibility index (Phi) is 4.02. The Labute approximate surface area is 134 Å². The van der Waals surface area contributed by atoms with Gasteiger partial charge in [-0.3, -0.25) is 9.59 Å². The van der Waals surface area contributed by atoms with Gasteiger partial charge in [0.15, 0.2) is 17.4 Å². The first-order valence-electron chi connectivity index (χ1n) is 7.72. The van der Waals surface area contributed by atoms with E-state index in [9.17, 15) is 9.59 Å². The number of carbonyl (C=O) groups is 2. The summed E-state index contributed by atoms with van der Waals surface area (Å²) in [5.41, 5.74) is 0.340. The van der Waals surface area contributed by atoms with Gasteiger partial charge in [0.2, 0.25) is 5.78 Å². The van der Waals surface area contributed by atoms with E-state index in [2.05, 4.69) is 9.97 Å². The van der Waals surface area contributed by atoms with Crippen molar-refractivity contribution in [3.63, 3.8) is 0 Å². The van der Waals surface area contributed by atoms with Gasteiger partial charge in [-0.2, -0.15) is 0 Å². The van der Waals surface area contributed by atoms with Gasteiger partial charge in [0, 0.05) is 45.4 Å². The molecule has 0 aromatic carbocycles. The van der Waals surface area contributed by atoms with E-state index in [0.717, 1.165) is 12.8 Å². The number of nitrogens with zero attached hydrogens (tertiary/aromatic N) is 4. The Morgan fingerprint density at radius 2 is 2.13 bits per heavy atom. The lowest BCUT2D eigenvalue weighted by Crippen LogP contribution is -2.43. The number of carbonyl (C=O) groups excluding carboxylic acids is 2. The van der Waals surface area contributed by atoms with Gasteiger partial charge in [0.25, 0.3) is 5.91 Å². The van der Waals surface area contributed by atoms with E-state index >= 15 is 0 Å². The van der Waals surface area contributed by atoms with E-state index in [-0.39, 0.29) is 17.6 Å². The van der Waals surface area contributed by atoms with Crippen molar-refractivity contribution in [2.24, 2.45) is 13.0 Å². The first-order chi connectivity index (χ1) is 11.0. The molecule has 0 aliphatic carbocycles. The lowest BCUT2D eigenvalue weighted by molar-refractivity contribution is 0.0627. The summed E-state index contributed by atoms with van der Waals surface area (Å²) in [6.07, 6.45) is 4.93. The van der Waals surface area contributed by atoms with Crippen LogP contribution in [0.5, 0.6) is 0 Å². The second-order valence-electron chi connectivity index (χ2n) is 5.95. The molecule has 0 saturated carbocycles. The fourth-order valence-corrected chi connectivity index (χ4v) is 3.04. The van der Waals surface area contributed by atoms with Gasteiger partial charge < -0.3 is 13.9 Å². The Morgan fingerprint density at radius 3 is 2.74 bits per heavy atom. The second-order valence-corrected chi connectivity index (χ2v) is 5.95. The van der Waals surface area contributed by atoms with Gasteiger partial charge in [0.1, 0.15) is 5.76 Å². The molecule has 1 aliphatic heterocycles. The number of aromatic nitrogens is 3. The maximum absolute atomic E-state index is 12.6. The zero-order chi connectivity index (χ0) is 16.6. The van der Waals surface area contributed by atoms with Crippen molar-refractivity contribution >= 4 is 11.7 Å². The molecule has 1 unspecified atom stereocenters. The zero-order valence-corrected chi connectivity index (χ0v) is 13.6. The predicted molar refractivity (Wildman–Crippen MR) is 82.1 cm³/mol. The summed E-state index contributed by atoms with van der Waals surface area (Å²) in [4.78, 5) is 35.2. The standard InChI is InChI=1S/C16H20N4O3/c1-10-13(18-11(2)23-10)16(22)20-7-4-5-12(9-20)14(21)15-17-6-8-19(15)3/h6,8,12H,4-5,7,9H2,1-3H3. The van der Waals surface area contributed by atoms with Crippen molar-refractivity contribution in [1.82, 2.24) is 19.4 Å². The van der Waals surface area contributed by atoms with E-state index in [1.54, 1.807) is 42.8 Å². The van der Waals surface area contributed by atoms with Gasteiger partial charge >= 0.3 is 0 Å². The minimum atomic E-state index is -0.220. The molecule has 2 aromatic rings. The average Bonchev–Trinajstić information content (AvgIpc) is 3.11. The molecule has 7 heteroatoms. The van der Waals surface area contributed by atoms with Crippen molar-refractivity contribution in [3.05, 3.63) is 35.6 Å². The fraction of sp³-hybridized carbons (Fsp3) is 0.500. The molecule has 0 radical (unpaired) electrons. The highest BCUT2D eigenvalue weighted by molar-refractivity contribution is 5.97. The topological polar surface area (TPSA) is 81.2 Å². The second kappa shape index (κ2) is 5.98. The van der Waals surface area contributed by atoms with Crippen LogP contribution in [0, 0.1) is 19.8 Å². The Morgan fingerprint density at radius 1 is 1.35 bits per heavy atom. The quantitative estimate of drug-likeness (QED) is 0.806. The van der Waals surface area contributed by atoms with Gasteiger partial charge in [0.05, 0.1) is 0 Å². The summed E-state index contributed by atoms with van der Waals surface area (Å²) in [6.45, 7) is 4.48. The molecule has 0 bridgehead atoms. The number of hydrogen-bond donors (Lipinski definition) is 0. The number of piperidine rings is 1. The normalized spacial score (nSPS) is 18.2. The number of amides is 1. The van der Waals surface area contributed by atoms with Crippen molar-refractivity contribution in [2.45, 2.75) is 26.7 Å². The highest BCUT2D eigenvalue weighted by Gasteiger charge is 2.32. The summed E-state index contributed by atoms with van der Waals surface area (Å²) in [5.74, 6) is 1.04. The van der Waals surface area contributed by atoms with Crippen molar-refractivity contribution in [1.29, 1.82) is 0 Å². The van der Waals surface area contributed by atoms with Crippen LogP contribution in [0.1, 0.15) is 45.6 Å². The van der Waals surface area contributed by atoms with Crippen molar-refractivity contribution in [3.8, 4) is 0 Å². The predicted octanol–water partition coefficient (Wildman–Crippen LogP) is 1.76. The number of hydrogen-bond acceptors (Lipinski definition) is 5. The van der Waals surface area contributed by atoms with Crippen molar-refractivity contribution in [2.75, 3.05) is 13.1 Å². The summed E-state index contributed by atoms with van der Waals surface area (Å²) in [7, 11) is 1.80. The molecule has 1 atom stereocenters. The molecule has 0 spiro atoms. The van der Waals surface area contributed by atoms with Crippen LogP contribution in [0.3, 0.4) is 0 Å². The maximum Gasteiger partial charge on any atom is 0.276 e. The van der Waals surface area contributed by atoms with Gasteiger partial charge in [-0.05, 0) is 19.8 Å². The maximum atomic E-state index is 12.6. The number of imidazole rings is 1. The van der Waals surface area contributed by atoms with Crippen LogP contribution in [-0.4, -0.2) is 44.2 Å². The Hall–Kier alpha value is -2.44. The molecule has 122 valence electrons. The molecule has 23 heavy (non-hydrogen) atoms. The van der Waals surface area contributed by atoms with E-state index < -0.39 is 0 Å². The molecule has 7 nitrogen and oxygen atoms in total. The van der Waals surface area contributed by atoms with E-state index in [4.69, 9.17) is 4.42 Å². The van der Waals surface area contributed by atoms with Gasteiger partial charge in [-0.15, -0.1) is 0 Å². The number of Topliss-reactive ketones (excluding diaryl/α,β-unsaturated/α-hetero) is 1. The third-order valence-electron chi connectivity index (χ3n) is 4.23. The molecular formula is C16H20N4O3. The number of oxazole rings is 1. The number of rotatable bonds is 3. The number of aryl methyl sites for hydroxylation is 3. The third-order valence-corrected chi connectivity index (χ3v) is 4.23.